The lowest BCUT2D eigenvalue weighted by Gasteiger charge is -2.18. The van der Waals surface area contributed by atoms with E-state index in [1.54, 1.807) is 55.7 Å². The summed E-state index contributed by atoms with van der Waals surface area (Å²) in [6, 6.07) is 46.5. The van der Waals surface area contributed by atoms with Crippen LogP contribution < -0.4 is 20.7 Å². The molecule has 6 aromatic rings. The van der Waals surface area contributed by atoms with Crippen molar-refractivity contribution in [3.63, 3.8) is 0 Å². The van der Waals surface area contributed by atoms with Gasteiger partial charge in [-0.05, 0) is 59.5 Å². The molecule has 0 radical (unpaired) electrons. The fourth-order valence-corrected chi connectivity index (χ4v) is 6.38. The molecule has 0 spiro atoms. The Labute approximate surface area is 289 Å². The normalized spacial score (nSPS) is 11.7. The van der Waals surface area contributed by atoms with Gasteiger partial charge in [0.15, 0.2) is 0 Å². The average molecular weight is 664 g/mol. The van der Waals surface area contributed by atoms with Gasteiger partial charge in [-0.3, -0.25) is 14.4 Å². The fourth-order valence-electron chi connectivity index (χ4n) is 5.30. The second-order valence-corrected chi connectivity index (χ2v) is 12.2. The van der Waals surface area contributed by atoms with Crippen molar-refractivity contribution in [1.29, 1.82) is 0 Å². The van der Waals surface area contributed by atoms with E-state index in [1.807, 2.05) is 109 Å². The van der Waals surface area contributed by atoms with Crippen LogP contribution in [0.1, 0.15) is 26.7 Å². The van der Waals surface area contributed by atoms with Crippen LogP contribution in [0, 0.1) is 0 Å². The van der Waals surface area contributed by atoms with Crippen molar-refractivity contribution in [2.45, 2.75) is 10.1 Å². The molecule has 0 bridgehead atoms. The Kier molecular flexibility index (Phi) is 10.5. The molecule has 49 heavy (non-hydrogen) atoms. The second-order valence-electron chi connectivity index (χ2n) is 11.0. The van der Waals surface area contributed by atoms with Gasteiger partial charge >= 0.3 is 0 Å². The van der Waals surface area contributed by atoms with Crippen LogP contribution in [0.5, 0.6) is 5.75 Å². The van der Waals surface area contributed by atoms with Crippen molar-refractivity contribution in [2.24, 2.45) is 0 Å². The molecule has 6 aromatic carbocycles. The first-order valence-electron chi connectivity index (χ1n) is 15.6. The highest BCUT2D eigenvalue weighted by molar-refractivity contribution is 8.00. The number of rotatable bonds is 11. The zero-order valence-electron chi connectivity index (χ0n) is 26.6. The average Bonchev–Trinajstić information content (AvgIpc) is 3.14. The Bertz CT molecular complexity index is 2130. The maximum absolute atomic E-state index is 13.9. The Hall–Kier alpha value is -6.12. The number of benzene rings is 6. The molecule has 0 saturated carbocycles. The first kappa shape index (κ1) is 32.8. The molecule has 7 nitrogen and oxygen atoms in total. The van der Waals surface area contributed by atoms with E-state index in [2.05, 4.69) is 16.0 Å². The van der Waals surface area contributed by atoms with Gasteiger partial charge in [0.05, 0.1) is 7.11 Å². The van der Waals surface area contributed by atoms with Crippen LogP contribution in [0.2, 0.25) is 0 Å². The predicted molar refractivity (Wildman–Crippen MR) is 198 cm³/mol. The number of carbonyl (C=O) groups is 3. The number of amides is 3. The summed E-state index contributed by atoms with van der Waals surface area (Å²) < 4.78 is 5.48. The van der Waals surface area contributed by atoms with Gasteiger partial charge in [0, 0.05) is 32.8 Å². The lowest BCUT2D eigenvalue weighted by molar-refractivity contribution is -0.116. The molecule has 0 aliphatic rings. The summed E-state index contributed by atoms with van der Waals surface area (Å²) in [5.74, 6) is -0.573. The molecule has 6 rings (SSSR count). The Morgan fingerprint density at radius 1 is 0.694 bits per heavy atom. The van der Waals surface area contributed by atoms with Crippen LogP contribution >= 0.6 is 11.8 Å². The zero-order chi connectivity index (χ0) is 34.0. The number of fused-ring (bicyclic) bond motifs is 1. The Morgan fingerprint density at radius 2 is 1.37 bits per heavy atom. The number of nitrogens with one attached hydrogen (secondary N) is 3. The number of hydrogen-bond donors (Lipinski definition) is 3. The van der Waals surface area contributed by atoms with E-state index in [1.165, 1.54) is 11.8 Å². The number of anilines is 2. The van der Waals surface area contributed by atoms with Crippen molar-refractivity contribution < 1.29 is 19.1 Å². The molecular formula is C41H33N3O4S. The Morgan fingerprint density at radius 3 is 2.16 bits per heavy atom. The highest BCUT2D eigenvalue weighted by atomic mass is 32.2. The van der Waals surface area contributed by atoms with Crippen LogP contribution in [-0.4, -0.2) is 24.8 Å². The minimum Gasteiger partial charge on any atom is -0.496 e. The van der Waals surface area contributed by atoms with Crippen LogP contribution in [-0.2, 0) is 9.59 Å². The zero-order valence-corrected chi connectivity index (χ0v) is 27.4. The number of carbonyl (C=O) groups excluding carboxylic acids is 3. The summed E-state index contributed by atoms with van der Waals surface area (Å²) in [7, 11) is 1.54. The van der Waals surface area contributed by atoms with Crippen molar-refractivity contribution in [1.82, 2.24) is 5.32 Å². The number of ether oxygens (including phenoxy) is 1. The van der Waals surface area contributed by atoms with Crippen LogP contribution in [0.25, 0.3) is 16.8 Å². The van der Waals surface area contributed by atoms with E-state index < -0.39 is 17.1 Å². The standard InChI is InChI=1S/C41H33N3O4S/c1-48-37-25-11-9-19-31(37)26-36(44-39(45)30-17-6-3-7-18-30)40(46)42-32-21-13-22-33(27-32)49-38(29-15-4-2-5-16-29)41(47)43-35-24-12-20-28-14-8-10-23-34(28)35/h2-27,38H,1H3,(H,42,46)(H,43,47)(H,44,45)/b36-26+. The molecule has 0 heterocycles. The van der Waals surface area contributed by atoms with Gasteiger partial charge in [0.1, 0.15) is 16.7 Å². The maximum Gasteiger partial charge on any atom is 0.272 e. The van der Waals surface area contributed by atoms with Crippen molar-refractivity contribution in [3.8, 4) is 5.75 Å². The van der Waals surface area contributed by atoms with E-state index in [4.69, 9.17) is 4.74 Å². The fraction of sp³-hybridized carbons (Fsp3) is 0.0488. The summed E-state index contributed by atoms with van der Waals surface area (Å²) in [5, 5.41) is 10.2. The molecule has 3 amide bonds. The molecule has 8 heteroatoms. The summed E-state index contributed by atoms with van der Waals surface area (Å²) in [6.45, 7) is 0. The summed E-state index contributed by atoms with van der Waals surface area (Å²) in [6.07, 6.45) is 1.58. The van der Waals surface area contributed by atoms with Crippen LogP contribution in [0.15, 0.2) is 162 Å². The first-order chi connectivity index (χ1) is 24.0. The number of thioether (sulfide) groups is 1. The van der Waals surface area contributed by atoms with E-state index in [9.17, 15) is 14.4 Å². The smallest absolute Gasteiger partial charge is 0.272 e. The SMILES string of the molecule is COc1ccccc1/C=C(/NC(=O)c1ccccc1)C(=O)Nc1cccc(SC(C(=O)Nc2cccc3ccccc23)c2ccccc2)c1. The van der Waals surface area contributed by atoms with Gasteiger partial charge in [-0.1, -0.05) is 109 Å². The van der Waals surface area contributed by atoms with Gasteiger partial charge in [-0.25, -0.2) is 0 Å². The molecule has 0 aliphatic heterocycles. The summed E-state index contributed by atoms with van der Waals surface area (Å²) in [5.41, 5.74) is 3.14. The summed E-state index contributed by atoms with van der Waals surface area (Å²) in [4.78, 5) is 41.5. The summed E-state index contributed by atoms with van der Waals surface area (Å²) >= 11 is 1.38. The van der Waals surface area contributed by atoms with Crippen LogP contribution in [0.4, 0.5) is 11.4 Å². The molecule has 242 valence electrons. The highest BCUT2D eigenvalue weighted by Gasteiger charge is 2.23. The van der Waals surface area contributed by atoms with E-state index in [-0.39, 0.29) is 11.6 Å². The second kappa shape index (κ2) is 15.6. The molecule has 0 fully saturated rings. The third-order valence-corrected chi connectivity index (χ3v) is 8.95. The monoisotopic (exact) mass is 663 g/mol. The maximum atomic E-state index is 13.9. The molecule has 0 saturated heterocycles. The molecular weight excluding hydrogens is 631 g/mol. The lowest BCUT2D eigenvalue weighted by atomic mass is 10.1. The van der Waals surface area contributed by atoms with E-state index in [0.717, 1.165) is 26.9 Å². The Balaban J connectivity index is 1.25. The third-order valence-electron chi connectivity index (χ3n) is 7.70. The van der Waals surface area contributed by atoms with E-state index in [0.29, 0.717) is 22.6 Å². The topological polar surface area (TPSA) is 96.5 Å². The largest absolute Gasteiger partial charge is 0.496 e. The van der Waals surface area contributed by atoms with Crippen molar-refractivity contribution >= 4 is 57.7 Å². The van der Waals surface area contributed by atoms with Gasteiger partial charge in [0.25, 0.3) is 11.8 Å². The third kappa shape index (κ3) is 8.25. The lowest BCUT2D eigenvalue weighted by Crippen LogP contribution is -2.30. The number of methoxy groups -OCH3 is 1. The highest BCUT2D eigenvalue weighted by Crippen LogP contribution is 2.38. The number of hydrogen-bond acceptors (Lipinski definition) is 5. The van der Waals surface area contributed by atoms with Crippen molar-refractivity contribution in [2.75, 3.05) is 17.7 Å². The van der Waals surface area contributed by atoms with Gasteiger partial charge in [-0.2, -0.15) is 0 Å². The minimum absolute atomic E-state index is 0.0352. The van der Waals surface area contributed by atoms with E-state index >= 15 is 0 Å². The molecule has 0 aromatic heterocycles. The minimum atomic E-state index is -0.586. The first-order valence-corrected chi connectivity index (χ1v) is 16.5. The molecule has 1 unspecified atom stereocenters. The quantitative estimate of drug-likeness (QED) is 0.0952. The molecule has 3 N–H and O–H groups in total. The van der Waals surface area contributed by atoms with Crippen molar-refractivity contribution in [3.05, 3.63) is 174 Å². The van der Waals surface area contributed by atoms with Gasteiger partial charge in [0.2, 0.25) is 5.91 Å². The van der Waals surface area contributed by atoms with Gasteiger partial charge < -0.3 is 20.7 Å². The van der Waals surface area contributed by atoms with Gasteiger partial charge in [-0.15, -0.1) is 11.8 Å². The number of para-hydroxylation sites is 1. The van der Waals surface area contributed by atoms with Crippen LogP contribution in [0.3, 0.4) is 0 Å². The molecule has 1 atom stereocenters. The predicted octanol–water partition coefficient (Wildman–Crippen LogP) is 8.73. The molecule has 0 aliphatic carbocycles.